The van der Waals surface area contributed by atoms with Gasteiger partial charge in [-0.25, -0.2) is 14.5 Å². The van der Waals surface area contributed by atoms with E-state index in [1.807, 2.05) is 35.0 Å². The molecule has 1 aromatic carbocycles. The number of aromatic carboxylic acids is 1. The molecule has 1 saturated carbocycles. The first-order valence-electron chi connectivity index (χ1n) is 11.9. The van der Waals surface area contributed by atoms with Crippen molar-refractivity contribution in [2.75, 3.05) is 44.7 Å². The van der Waals surface area contributed by atoms with Crippen molar-refractivity contribution in [3.63, 3.8) is 0 Å². The molecule has 0 radical (unpaired) electrons. The Morgan fingerprint density at radius 1 is 1.15 bits per heavy atom. The summed E-state index contributed by atoms with van der Waals surface area (Å²) in [6.07, 6.45) is 3.67. The minimum atomic E-state index is -1.02. The number of nitrogens with zero attached hydrogens (tertiary/aromatic N) is 5. The van der Waals surface area contributed by atoms with Crippen LogP contribution in [0.15, 0.2) is 36.4 Å². The molecule has 0 amide bonds. The van der Waals surface area contributed by atoms with Crippen molar-refractivity contribution in [1.29, 1.82) is 0 Å². The molecule has 0 spiro atoms. The molecule has 8 nitrogen and oxygen atoms in total. The average molecular weight is 448 g/mol. The number of para-hydroxylation sites is 1. The van der Waals surface area contributed by atoms with Gasteiger partial charge in [0.05, 0.1) is 35.2 Å². The number of anilines is 1. The molecule has 33 heavy (non-hydrogen) atoms. The molecule has 3 aromatic rings. The summed E-state index contributed by atoms with van der Waals surface area (Å²) in [5, 5.41) is 15.8. The van der Waals surface area contributed by atoms with Gasteiger partial charge in [0, 0.05) is 38.0 Å². The first-order valence-corrected chi connectivity index (χ1v) is 11.9. The summed E-state index contributed by atoms with van der Waals surface area (Å²) in [6.45, 7) is 4.41. The Morgan fingerprint density at radius 2 is 1.94 bits per heavy atom. The highest BCUT2D eigenvalue weighted by molar-refractivity contribution is 5.98. The van der Waals surface area contributed by atoms with E-state index in [4.69, 9.17) is 9.84 Å². The fraction of sp³-hybridized carbons (Fsp3) is 0.480. The highest BCUT2D eigenvalue weighted by Crippen LogP contribution is 2.44. The van der Waals surface area contributed by atoms with E-state index in [9.17, 15) is 9.90 Å². The summed E-state index contributed by atoms with van der Waals surface area (Å²) in [7, 11) is 2.14. The van der Waals surface area contributed by atoms with Crippen LogP contribution in [-0.4, -0.2) is 76.7 Å². The predicted octanol–water partition coefficient (Wildman–Crippen LogP) is 3.15. The van der Waals surface area contributed by atoms with Gasteiger partial charge >= 0.3 is 5.97 Å². The molecule has 2 saturated heterocycles. The van der Waals surface area contributed by atoms with Gasteiger partial charge in [-0.15, -0.1) is 0 Å². The number of rotatable bonds is 5. The molecule has 2 aromatic heterocycles. The topological polar surface area (TPSA) is 83.7 Å². The van der Waals surface area contributed by atoms with E-state index in [1.165, 1.54) is 6.42 Å². The highest BCUT2D eigenvalue weighted by Gasteiger charge is 2.39. The number of likely N-dealkylation sites (N-methyl/N-ethyl adjacent to an activating group) is 1. The number of aromatic nitrogens is 3. The number of carboxylic acids is 1. The molecule has 3 fully saturated rings. The largest absolute Gasteiger partial charge is 0.477 e. The van der Waals surface area contributed by atoms with E-state index in [2.05, 4.69) is 21.8 Å². The zero-order valence-corrected chi connectivity index (χ0v) is 18.9. The fourth-order valence-electron chi connectivity index (χ4n) is 5.24. The van der Waals surface area contributed by atoms with Crippen molar-refractivity contribution in [3.05, 3.63) is 47.8 Å². The lowest BCUT2D eigenvalue weighted by Gasteiger charge is -2.47. The van der Waals surface area contributed by atoms with Crippen LogP contribution in [0.3, 0.4) is 0 Å². The van der Waals surface area contributed by atoms with Crippen LogP contribution in [0.5, 0.6) is 0 Å². The van der Waals surface area contributed by atoms with Gasteiger partial charge in [-0.3, -0.25) is 0 Å². The molecule has 8 heteroatoms. The number of carboxylic acid groups (broad SMARTS) is 1. The summed E-state index contributed by atoms with van der Waals surface area (Å²) >= 11 is 0. The van der Waals surface area contributed by atoms with E-state index in [0.717, 1.165) is 68.1 Å². The van der Waals surface area contributed by atoms with E-state index in [1.54, 1.807) is 6.07 Å². The number of morpholine rings is 1. The molecular formula is C25H29N5O3. The minimum Gasteiger partial charge on any atom is -0.477 e. The van der Waals surface area contributed by atoms with Gasteiger partial charge in [0.25, 0.3) is 0 Å². The first kappa shape index (κ1) is 20.6. The summed E-state index contributed by atoms with van der Waals surface area (Å²) in [4.78, 5) is 21.2. The van der Waals surface area contributed by atoms with Crippen molar-refractivity contribution in [1.82, 2.24) is 19.7 Å². The predicted molar refractivity (Wildman–Crippen MR) is 125 cm³/mol. The van der Waals surface area contributed by atoms with Crippen LogP contribution in [0, 0.1) is 5.92 Å². The third-order valence-corrected chi connectivity index (χ3v) is 7.43. The lowest BCUT2D eigenvalue weighted by atomic mass is 9.81. The number of pyridine rings is 1. The van der Waals surface area contributed by atoms with Crippen LogP contribution in [0.2, 0.25) is 0 Å². The van der Waals surface area contributed by atoms with E-state index in [0.29, 0.717) is 17.5 Å². The molecule has 1 aliphatic carbocycles. The number of carbonyl (C=O) groups is 1. The second-order valence-electron chi connectivity index (χ2n) is 9.63. The average Bonchev–Trinajstić information content (AvgIpc) is 3.11. The summed E-state index contributed by atoms with van der Waals surface area (Å²) in [6, 6.07) is 11.6. The third kappa shape index (κ3) is 3.57. The van der Waals surface area contributed by atoms with Gasteiger partial charge in [0.2, 0.25) is 0 Å². The van der Waals surface area contributed by atoms with Crippen molar-refractivity contribution in [2.45, 2.75) is 31.3 Å². The summed E-state index contributed by atoms with van der Waals surface area (Å²) in [5.74, 6) is -0.167. The van der Waals surface area contributed by atoms with Crippen LogP contribution < -0.4 is 4.90 Å². The van der Waals surface area contributed by atoms with Crippen LogP contribution in [-0.2, 0) is 4.74 Å². The van der Waals surface area contributed by atoms with Crippen LogP contribution in [0.1, 0.15) is 41.4 Å². The Bertz CT molecular complexity index is 1180. The maximum Gasteiger partial charge on any atom is 0.354 e. The van der Waals surface area contributed by atoms with Crippen LogP contribution in [0.25, 0.3) is 16.7 Å². The van der Waals surface area contributed by atoms with Gasteiger partial charge in [-0.1, -0.05) is 24.6 Å². The zero-order valence-electron chi connectivity index (χ0n) is 18.9. The van der Waals surface area contributed by atoms with E-state index in [-0.39, 0.29) is 11.8 Å². The lowest BCUT2D eigenvalue weighted by Crippen LogP contribution is -2.57. The van der Waals surface area contributed by atoms with Crippen LogP contribution in [0.4, 0.5) is 5.69 Å². The van der Waals surface area contributed by atoms with Crippen LogP contribution >= 0.6 is 0 Å². The second kappa shape index (κ2) is 8.11. The molecule has 3 aliphatic rings. The maximum absolute atomic E-state index is 12.0. The smallest absolute Gasteiger partial charge is 0.354 e. The minimum absolute atomic E-state index is 0.0619. The van der Waals surface area contributed by atoms with Gasteiger partial charge in [-0.05, 0) is 38.1 Å². The summed E-state index contributed by atoms with van der Waals surface area (Å²) in [5.41, 5.74) is 3.59. The highest BCUT2D eigenvalue weighted by atomic mass is 16.5. The lowest BCUT2D eigenvalue weighted by molar-refractivity contribution is -0.0559. The molecular weight excluding hydrogens is 418 g/mol. The molecule has 1 atom stereocenters. The fourth-order valence-corrected chi connectivity index (χ4v) is 5.24. The SMILES string of the molecule is CN1CCOC(C2CN(c3cc(C(=O)O)nc4c3c(C3CCC3)nn4-c3ccccc3)C2)C1. The van der Waals surface area contributed by atoms with E-state index >= 15 is 0 Å². The van der Waals surface area contributed by atoms with Gasteiger partial charge in [-0.2, -0.15) is 5.10 Å². The molecule has 4 heterocycles. The summed E-state index contributed by atoms with van der Waals surface area (Å²) < 4.78 is 7.87. The van der Waals surface area contributed by atoms with Gasteiger partial charge in [0.15, 0.2) is 11.3 Å². The molecule has 1 unspecified atom stereocenters. The van der Waals surface area contributed by atoms with E-state index < -0.39 is 5.97 Å². The Hall–Kier alpha value is -2.97. The molecule has 2 aliphatic heterocycles. The number of benzene rings is 1. The van der Waals surface area contributed by atoms with Gasteiger partial charge < -0.3 is 19.6 Å². The Balaban J connectivity index is 1.43. The molecule has 1 N–H and O–H groups in total. The Labute approximate surface area is 192 Å². The molecule has 6 rings (SSSR count). The number of hydrogen-bond donors (Lipinski definition) is 1. The third-order valence-electron chi connectivity index (χ3n) is 7.43. The Morgan fingerprint density at radius 3 is 2.61 bits per heavy atom. The molecule has 172 valence electrons. The van der Waals surface area contributed by atoms with Crippen molar-refractivity contribution < 1.29 is 14.6 Å². The maximum atomic E-state index is 12.0. The zero-order chi connectivity index (χ0) is 22.5. The first-order chi connectivity index (χ1) is 16.1. The molecule has 0 bridgehead atoms. The standard InChI is InChI=1S/C25H29N5O3/c1-28-10-11-33-21(15-28)17-13-29(14-17)20-12-19(25(31)32)26-24-22(20)23(16-6-5-7-16)27-30(24)18-8-3-2-4-9-18/h2-4,8-9,12,16-17,21H,5-7,10-11,13-15H2,1H3,(H,31,32). The van der Waals surface area contributed by atoms with Crippen molar-refractivity contribution in [3.8, 4) is 5.69 Å². The number of fused-ring (bicyclic) bond motifs is 1. The van der Waals surface area contributed by atoms with Crippen molar-refractivity contribution in [2.24, 2.45) is 5.92 Å². The number of hydrogen-bond acceptors (Lipinski definition) is 6. The Kier molecular flexibility index (Phi) is 5.07. The van der Waals surface area contributed by atoms with Gasteiger partial charge in [0.1, 0.15) is 0 Å². The monoisotopic (exact) mass is 447 g/mol. The second-order valence-corrected chi connectivity index (χ2v) is 9.63. The normalized spacial score (nSPS) is 22.3. The van der Waals surface area contributed by atoms with Crippen molar-refractivity contribution >= 4 is 22.7 Å². The number of ether oxygens (including phenoxy) is 1. The quantitative estimate of drug-likeness (QED) is 0.643.